The highest BCUT2D eigenvalue weighted by Crippen LogP contribution is 2.41. The number of hydrogen-bond donors (Lipinski definition) is 2. The molecule has 37 heavy (non-hydrogen) atoms. The van der Waals surface area contributed by atoms with Gasteiger partial charge in [-0.1, -0.05) is 6.07 Å². The molecular formula is C25H22N2O8S2. The lowest BCUT2D eigenvalue weighted by atomic mass is 9.87. The third kappa shape index (κ3) is 3.92. The summed E-state index contributed by atoms with van der Waals surface area (Å²) in [5.41, 5.74) is 2.99. The van der Waals surface area contributed by atoms with Crippen molar-refractivity contribution < 1.29 is 35.5 Å². The van der Waals surface area contributed by atoms with E-state index in [1.165, 1.54) is 6.07 Å². The van der Waals surface area contributed by atoms with E-state index in [-0.39, 0.29) is 5.56 Å². The second kappa shape index (κ2) is 8.36. The number of nitrogens with two attached hydrogens (primary N) is 1. The zero-order valence-corrected chi connectivity index (χ0v) is 21.1. The van der Waals surface area contributed by atoms with Crippen molar-refractivity contribution in [2.75, 3.05) is 13.1 Å². The SMILES string of the molecule is NOc1ccc2c(c1)Oc1c3c4c(cc1=C2c1ccc(S(=O)(=O)O)cc1S(=O)(=O)[O-])CCC[N+]=4CCC3. The molecule has 0 unspecified atom stereocenters. The fourth-order valence-corrected chi connectivity index (χ4v) is 6.91. The zero-order valence-electron chi connectivity index (χ0n) is 19.4. The number of hydrogen-bond acceptors (Lipinski definition) is 8. The molecule has 3 aliphatic rings. The lowest BCUT2D eigenvalue weighted by Crippen LogP contribution is -2.45. The van der Waals surface area contributed by atoms with Crippen molar-refractivity contribution >= 4 is 25.8 Å². The van der Waals surface area contributed by atoms with Crippen LogP contribution >= 0.6 is 0 Å². The predicted octanol–water partition coefficient (Wildman–Crippen LogP) is 0.826. The van der Waals surface area contributed by atoms with Crippen LogP contribution in [-0.2, 0) is 33.1 Å². The number of fused-ring (bicyclic) bond motifs is 3. The fraction of sp³-hybridized carbons (Fsp3) is 0.240. The fourth-order valence-electron chi connectivity index (χ4n) is 5.62. The molecule has 3 aromatic carbocycles. The Morgan fingerprint density at radius 3 is 2.41 bits per heavy atom. The first kappa shape index (κ1) is 24.1. The molecule has 0 saturated carbocycles. The molecule has 0 fully saturated rings. The van der Waals surface area contributed by atoms with Crippen molar-refractivity contribution in [1.82, 2.24) is 4.58 Å². The van der Waals surface area contributed by atoms with Gasteiger partial charge in [-0.05, 0) is 43.2 Å². The van der Waals surface area contributed by atoms with Gasteiger partial charge < -0.3 is 14.1 Å². The molecule has 0 atom stereocenters. The van der Waals surface area contributed by atoms with Gasteiger partial charge in [0.25, 0.3) is 10.1 Å². The molecular weight excluding hydrogens is 520 g/mol. The van der Waals surface area contributed by atoms with Gasteiger partial charge in [0.1, 0.15) is 34.7 Å². The summed E-state index contributed by atoms with van der Waals surface area (Å²) in [5.74, 6) is 6.58. The van der Waals surface area contributed by atoms with E-state index in [0.717, 1.165) is 61.3 Å². The smallest absolute Gasteiger partial charge is 0.294 e. The van der Waals surface area contributed by atoms with Gasteiger partial charge >= 0.3 is 0 Å². The molecule has 6 rings (SSSR count). The first-order valence-electron chi connectivity index (χ1n) is 11.6. The Labute approximate surface area is 212 Å². The molecule has 0 aromatic heterocycles. The first-order valence-corrected chi connectivity index (χ1v) is 14.5. The Balaban J connectivity index is 1.80. The second-order valence-electron chi connectivity index (χ2n) is 9.27. The normalized spacial score (nSPS) is 16.4. The largest absolute Gasteiger partial charge is 0.744 e. The summed E-state index contributed by atoms with van der Waals surface area (Å²) < 4.78 is 78.9. The minimum absolute atomic E-state index is 0.00485. The average Bonchev–Trinajstić information content (AvgIpc) is 2.86. The lowest BCUT2D eigenvalue weighted by molar-refractivity contribution is 0.332. The number of benzene rings is 3. The van der Waals surface area contributed by atoms with Crippen LogP contribution in [0.15, 0.2) is 52.3 Å². The Bertz CT molecular complexity index is 1840. The van der Waals surface area contributed by atoms with Gasteiger partial charge in [0.05, 0.1) is 15.4 Å². The maximum Gasteiger partial charge on any atom is 0.294 e. The standard InChI is InChI=1S/C25H22N2O8S2/c26-35-15-5-7-17-21(12-15)34-25-19-4-2-10-27-9-1-3-14(24(19)27)11-20(25)23(17)18-8-6-16(36(28,29)30)13-22(18)37(31,32)33/h5-8,11-13H,1-4,9-10,26H2,(H-,28,29,30,31,32,33). The Kier molecular flexibility index (Phi) is 5.44. The van der Waals surface area contributed by atoms with Gasteiger partial charge in [0, 0.05) is 46.4 Å². The molecule has 192 valence electrons. The molecule has 3 heterocycles. The summed E-state index contributed by atoms with van der Waals surface area (Å²) in [4.78, 5) is 3.42. The van der Waals surface area contributed by atoms with E-state index in [9.17, 15) is 25.9 Å². The van der Waals surface area contributed by atoms with E-state index in [1.807, 2.05) is 6.07 Å². The molecule has 3 aliphatic heterocycles. The molecule has 0 bridgehead atoms. The van der Waals surface area contributed by atoms with Crippen molar-refractivity contribution in [3.8, 4) is 17.2 Å². The minimum atomic E-state index is -5.15. The molecule has 0 amide bonds. The van der Waals surface area contributed by atoms with Crippen LogP contribution in [0.4, 0.5) is 0 Å². The molecule has 3 N–H and O–H groups in total. The zero-order chi connectivity index (χ0) is 26.1. The van der Waals surface area contributed by atoms with Crippen molar-refractivity contribution in [3.05, 3.63) is 75.3 Å². The van der Waals surface area contributed by atoms with Crippen LogP contribution in [-0.4, -0.2) is 39.0 Å². The molecule has 0 spiro atoms. The van der Waals surface area contributed by atoms with Crippen molar-refractivity contribution in [3.63, 3.8) is 0 Å². The van der Waals surface area contributed by atoms with Gasteiger partial charge in [-0.3, -0.25) is 4.55 Å². The monoisotopic (exact) mass is 542 g/mol. The quantitative estimate of drug-likeness (QED) is 0.216. The summed E-state index contributed by atoms with van der Waals surface area (Å²) >= 11 is 0. The van der Waals surface area contributed by atoms with Crippen LogP contribution in [0.3, 0.4) is 0 Å². The van der Waals surface area contributed by atoms with Crippen LogP contribution in [0.1, 0.15) is 35.1 Å². The number of rotatable bonds is 4. The maximum absolute atomic E-state index is 12.4. The predicted molar refractivity (Wildman–Crippen MR) is 130 cm³/mol. The molecule has 3 aromatic rings. The van der Waals surface area contributed by atoms with Gasteiger partial charge in [-0.25, -0.2) is 13.0 Å². The van der Waals surface area contributed by atoms with E-state index in [4.69, 9.17) is 15.5 Å². The summed E-state index contributed by atoms with van der Waals surface area (Å²) in [6.07, 6.45) is 3.48. The highest BCUT2D eigenvalue weighted by atomic mass is 32.2. The third-order valence-corrected chi connectivity index (χ3v) is 8.83. The van der Waals surface area contributed by atoms with E-state index >= 15 is 0 Å². The molecule has 0 radical (unpaired) electrons. The molecule has 12 heteroatoms. The Morgan fingerprint density at radius 1 is 0.973 bits per heavy atom. The van der Waals surface area contributed by atoms with E-state index < -0.39 is 30.0 Å². The maximum atomic E-state index is 12.4. The Hall–Kier alpha value is -3.29. The van der Waals surface area contributed by atoms with E-state index in [2.05, 4.69) is 4.58 Å². The van der Waals surface area contributed by atoms with Crippen molar-refractivity contribution in [1.29, 1.82) is 0 Å². The number of aryl methyl sites for hydroxylation is 1. The van der Waals surface area contributed by atoms with E-state index in [0.29, 0.717) is 39.7 Å². The molecule has 10 nitrogen and oxygen atoms in total. The van der Waals surface area contributed by atoms with Crippen LogP contribution < -0.4 is 30.6 Å². The average molecular weight is 543 g/mol. The van der Waals surface area contributed by atoms with Crippen LogP contribution in [0.25, 0.3) is 5.57 Å². The number of nitrogens with zero attached hydrogens (tertiary/aromatic N) is 1. The highest BCUT2D eigenvalue weighted by molar-refractivity contribution is 7.86. The van der Waals surface area contributed by atoms with Crippen molar-refractivity contribution in [2.45, 2.75) is 35.5 Å². The molecule has 0 saturated heterocycles. The lowest BCUT2D eigenvalue weighted by Gasteiger charge is -2.27. The second-order valence-corrected chi connectivity index (χ2v) is 12.0. The topological polar surface area (TPSA) is 159 Å². The minimum Gasteiger partial charge on any atom is -0.744 e. The molecule has 0 aliphatic carbocycles. The van der Waals surface area contributed by atoms with Gasteiger partial charge in [0.15, 0.2) is 5.75 Å². The third-order valence-electron chi connectivity index (χ3n) is 7.10. The van der Waals surface area contributed by atoms with Gasteiger partial charge in [-0.2, -0.15) is 14.3 Å². The van der Waals surface area contributed by atoms with Crippen molar-refractivity contribution in [2.24, 2.45) is 5.90 Å². The highest BCUT2D eigenvalue weighted by Gasteiger charge is 2.32. The van der Waals surface area contributed by atoms with Crippen LogP contribution in [0, 0.1) is 0 Å². The summed E-state index contributed by atoms with van der Waals surface area (Å²) in [6.45, 7) is 1.87. The first-order chi connectivity index (χ1) is 17.6. The Morgan fingerprint density at radius 2 is 1.70 bits per heavy atom. The number of ether oxygens (including phenoxy) is 1. The van der Waals surface area contributed by atoms with Crippen LogP contribution in [0.5, 0.6) is 17.2 Å². The van der Waals surface area contributed by atoms with Gasteiger partial charge in [-0.15, -0.1) is 0 Å². The van der Waals surface area contributed by atoms with Gasteiger partial charge in [0.2, 0.25) is 5.36 Å². The summed E-state index contributed by atoms with van der Waals surface area (Å²) in [5, 5.41) is 1.74. The van der Waals surface area contributed by atoms with E-state index in [1.54, 1.807) is 18.2 Å². The van der Waals surface area contributed by atoms with Crippen LogP contribution in [0.2, 0.25) is 0 Å². The summed E-state index contributed by atoms with van der Waals surface area (Å²) in [7, 11) is -9.91. The summed E-state index contributed by atoms with van der Waals surface area (Å²) in [6, 6.07) is 9.75.